The standard InChI is InChI=1S/C21H26N4OS/c1-13-23-18(10-19(24-13)20-3-2-8-27-20)17-12-25-7-6-15(17)9-16(25)11-22-21(26)14-4-5-14/h2-3,8,10,14-17H,4-7,9,11-12H2,1H3,(H,22,26)/t15-,16+,17+/m0/s1. The normalized spacial score (nSPS) is 29.7. The summed E-state index contributed by atoms with van der Waals surface area (Å²) in [6, 6.07) is 6.90. The summed E-state index contributed by atoms with van der Waals surface area (Å²) in [7, 11) is 0. The van der Waals surface area contributed by atoms with Gasteiger partial charge in [0.1, 0.15) is 5.82 Å². The van der Waals surface area contributed by atoms with E-state index in [1.54, 1.807) is 11.3 Å². The van der Waals surface area contributed by atoms with Crippen molar-refractivity contribution in [1.82, 2.24) is 20.2 Å². The summed E-state index contributed by atoms with van der Waals surface area (Å²) in [5, 5.41) is 5.28. The van der Waals surface area contributed by atoms with Gasteiger partial charge in [0.25, 0.3) is 0 Å². The Hall–Kier alpha value is -1.79. The van der Waals surface area contributed by atoms with E-state index in [1.165, 1.54) is 17.0 Å². The lowest BCUT2D eigenvalue weighted by atomic mass is 9.74. The van der Waals surface area contributed by atoms with Gasteiger partial charge in [0, 0.05) is 36.7 Å². The average Bonchev–Trinajstić information content (AvgIpc) is 3.40. The molecule has 4 aliphatic rings. The van der Waals surface area contributed by atoms with Gasteiger partial charge in [0.05, 0.1) is 10.6 Å². The van der Waals surface area contributed by atoms with Crippen LogP contribution in [0.15, 0.2) is 23.6 Å². The van der Waals surface area contributed by atoms with Crippen LogP contribution in [0.2, 0.25) is 0 Å². The zero-order valence-electron chi connectivity index (χ0n) is 15.7. The molecule has 5 heterocycles. The van der Waals surface area contributed by atoms with Crippen LogP contribution in [0, 0.1) is 18.8 Å². The number of aromatic nitrogens is 2. The van der Waals surface area contributed by atoms with Gasteiger partial charge in [-0.2, -0.15) is 0 Å². The fourth-order valence-corrected chi connectivity index (χ4v) is 5.41. The minimum atomic E-state index is 0.265. The predicted octanol–water partition coefficient (Wildman–Crippen LogP) is 3.22. The van der Waals surface area contributed by atoms with E-state index in [-0.39, 0.29) is 5.91 Å². The van der Waals surface area contributed by atoms with Gasteiger partial charge in [-0.25, -0.2) is 9.97 Å². The van der Waals surface area contributed by atoms with Crippen LogP contribution < -0.4 is 5.32 Å². The van der Waals surface area contributed by atoms with Gasteiger partial charge < -0.3 is 5.32 Å². The SMILES string of the molecule is Cc1nc(-c2cccs2)cc([C@@H]2CN3CC[C@H]2C[C@@H]3CNC(=O)C2CC2)n1. The Morgan fingerprint density at radius 3 is 2.93 bits per heavy atom. The molecule has 1 N–H and O–H groups in total. The van der Waals surface area contributed by atoms with Gasteiger partial charge in [0.15, 0.2) is 0 Å². The maximum Gasteiger partial charge on any atom is 0.223 e. The van der Waals surface area contributed by atoms with Crippen molar-refractivity contribution in [3.8, 4) is 10.6 Å². The summed E-state index contributed by atoms with van der Waals surface area (Å²) in [6.07, 6.45) is 4.54. The predicted molar refractivity (Wildman–Crippen MR) is 107 cm³/mol. The van der Waals surface area contributed by atoms with E-state index in [9.17, 15) is 4.79 Å². The van der Waals surface area contributed by atoms with Crippen LogP contribution in [0.3, 0.4) is 0 Å². The second-order valence-corrected chi connectivity index (χ2v) is 9.21. The number of piperidine rings is 3. The Labute approximate surface area is 164 Å². The van der Waals surface area contributed by atoms with Crippen molar-refractivity contribution in [3.05, 3.63) is 35.1 Å². The molecule has 5 nitrogen and oxygen atoms in total. The monoisotopic (exact) mass is 382 g/mol. The third-order valence-electron chi connectivity index (χ3n) is 6.35. The lowest BCUT2D eigenvalue weighted by Crippen LogP contribution is -2.56. The quantitative estimate of drug-likeness (QED) is 0.863. The number of hydrogen-bond acceptors (Lipinski definition) is 5. The van der Waals surface area contributed by atoms with Crippen LogP contribution in [0.5, 0.6) is 0 Å². The number of carbonyl (C=O) groups excluding carboxylic acids is 1. The van der Waals surface area contributed by atoms with Crippen LogP contribution in [0.4, 0.5) is 0 Å². The number of carbonyl (C=O) groups is 1. The van der Waals surface area contributed by atoms with E-state index in [2.05, 4.69) is 38.8 Å². The van der Waals surface area contributed by atoms with Gasteiger partial charge >= 0.3 is 0 Å². The lowest BCUT2D eigenvalue weighted by molar-refractivity contribution is -0.122. The molecule has 0 spiro atoms. The molecular formula is C21H26N4OS. The smallest absolute Gasteiger partial charge is 0.223 e. The fraction of sp³-hybridized carbons (Fsp3) is 0.571. The number of fused-ring (bicyclic) bond motifs is 3. The van der Waals surface area contributed by atoms with E-state index in [0.717, 1.165) is 50.4 Å². The topological polar surface area (TPSA) is 58.1 Å². The Morgan fingerprint density at radius 2 is 2.22 bits per heavy atom. The molecular weight excluding hydrogens is 356 g/mol. The molecule has 2 aromatic rings. The lowest BCUT2D eigenvalue weighted by Gasteiger charge is -2.49. The molecule has 1 unspecified atom stereocenters. The van der Waals surface area contributed by atoms with Crippen LogP contribution in [-0.2, 0) is 4.79 Å². The minimum absolute atomic E-state index is 0.265. The van der Waals surface area contributed by atoms with Crippen LogP contribution in [-0.4, -0.2) is 46.5 Å². The summed E-state index contributed by atoms with van der Waals surface area (Å²) in [4.78, 5) is 25.2. The first-order chi connectivity index (χ1) is 13.2. The largest absolute Gasteiger partial charge is 0.354 e. The minimum Gasteiger partial charge on any atom is -0.354 e. The number of amides is 1. The number of nitrogens with zero attached hydrogens (tertiary/aromatic N) is 3. The second-order valence-electron chi connectivity index (χ2n) is 8.26. The van der Waals surface area contributed by atoms with Crippen LogP contribution >= 0.6 is 11.3 Å². The number of rotatable bonds is 5. The van der Waals surface area contributed by atoms with Crippen LogP contribution in [0.25, 0.3) is 10.6 Å². The first-order valence-electron chi connectivity index (χ1n) is 10.1. The van der Waals surface area contributed by atoms with E-state index in [4.69, 9.17) is 4.98 Å². The van der Waals surface area contributed by atoms with Crippen molar-refractivity contribution < 1.29 is 4.79 Å². The Bertz CT molecular complexity index is 833. The molecule has 6 rings (SSSR count). The summed E-state index contributed by atoms with van der Waals surface area (Å²) in [5.41, 5.74) is 2.25. The number of thiophene rings is 1. The van der Waals surface area contributed by atoms with E-state index in [1.807, 2.05) is 6.92 Å². The molecule has 2 aromatic heterocycles. The van der Waals surface area contributed by atoms with Crippen molar-refractivity contribution in [2.24, 2.45) is 11.8 Å². The molecule has 27 heavy (non-hydrogen) atoms. The summed E-state index contributed by atoms with van der Waals surface area (Å²) in [6.45, 7) is 5.00. The molecule has 1 aliphatic carbocycles. The molecule has 1 amide bonds. The maximum absolute atomic E-state index is 12.0. The molecule has 0 aromatic carbocycles. The zero-order chi connectivity index (χ0) is 18.4. The van der Waals surface area contributed by atoms with Crippen molar-refractivity contribution >= 4 is 17.2 Å². The van der Waals surface area contributed by atoms with E-state index < -0.39 is 0 Å². The Balaban J connectivity index is 1.31. The highest BCUT2D eigenvalue weighted by atomic mass is 32.1. The molecule has 142 valence electrons. The van der Waals surface area contributed by atoms with Crippen molar-refractivity contribution in [1.29, 1.82) is 0 Å². The second kappa shape index (κ2) is 6.99. The summed E-state index contributed by atoms with van der Waals surface area (Å²) in [5.74, 6) is 2.56. The van der Waals surface area contributed by atoms with Gasteiger partial charge in [-0.05, 0) is 62.6 Å². The molecule has 2 bridgehead atoms. The highest BCUT2D eigenvalue weighted by Gasteiger charge is 2.42. The molecule has 6 heteroatoms. The number of hydrogen-bond donors (Lipinski definition) is 1. The Morgan fingerprint density at radius 1 is 1.33 bits per heavy atom. The molecule has 1 saturated carbocycles. The third-order valence-corrected chi connectivity index (χ3v) is 7.24. The van der Waals surface area contributed by atoms with E-state index >= 15 is 0 Å². The molecule has 3 aliphatic heterocycles. The first-order valence-corrected chi connectivity index (χ1v) is 11.0. The van der Waals surface area contributed by atoms with Crippen LogP contribution in [0.1, 0.15) is 43.1 Å². The van der Waals surface area contributed by atoms with Gasteiger partial charge in [-0.1, -0.05) is 6.07 Å². The molecule has 0 radical (unpaired) electrons. The molecule has 4 atom stereocenters. The van der Waals surface area contributed by atoms with Gasteiger partial charge in [0.2, 0.25) is 5.91 Å². The summed E-state index contributed by atoms with van der Waals surface area (Å²) >= 11 is 1.73. The van der Waals surface area contributed by atoms with E-state index in [0.29, 0.717) is 23.8 Å². The number of aryl methyl sites for hydroxylation is 1. The molecule has 3 saturated heterocycles. The highest BCUT2D eigenvalue weighted by Crippen LogP contribution is 2.42. The summed E-state index contributed by atoms with van der Waals surface area (Å²) < 4.78 is 0. The maximum atomic E-state index is 12.0. The number of nitrogens with one attached hydrogen (secondary N) is 1. The van der Waals surface area contributed by atoms with Crippen molar-refractivity contribution in [3.63, 3.8) is 0 Å². The van der Waals surface area contributed by atoms with Crippen molar-refractivity contribution in [2.75, 3.05) is 19.6 Å². The third kappa shape index (κ3) is 3.52. The average molecular weight is 383 g/mol. The van der Waals surface area contributed by atoms with Crippen molar-refractivity contribution in [2.45, 2.75) is 44.6 Å². The Kier molecular flexibility index (Phi) is 4.48. The van der Waals surface area contributed by atoms with Gasteiger partial charge in [-0.15, -0.1) is 11.3 Å². The highest BCUT2D eigenvalue weighted by molar-refractivity contribution is 7.13. The first kappa shape index (κ1) is 17.3. The molecule has 4 fully saturated rings. The fourth-order valence-electron chi connectivity index (χ4n) is 4.73. The van der Waals surface area contributed by atoms with Gasteiger partial charge in [-0.3, -0.25) is 9.69 Å². The zero-order valence-corrected chi connectivity index (χ0v) is 16.5.